The van der Waals surface area contributed by atoms with Crippen molar-refractivity contribution in [3.63, 3.8) is 0 Å². The van der Waals surface area contributed by atoms with Crippen LogP contribution in [-0.2, 0) is 10.2 Å². The summed E-state index contributed by atoms with van der Waals surface area (Å²) < 4.78 is 0. The first-order chi connectivity index (χ1) is 10.9. The van der Waals surface area contributed by atoms with Gasteiger partial charge in [-0.3, -0.25) is 4.79 Å². The highest BCUT2D eigenvalue weighted by atomic mass is 16.2. The van der Waals surface area contributed by atoms with Gasteiger partial charge in [-0.05, 0) is 48.8 Å². The van der Waals surface area contributed by atoms with Crippen LogP contribution in [0.3, 0.4) is 0 Å². The van der Waals surface area contributed by atoms with E-state index in [4.69, 9.17) is 0 Å². The Hall–Kier alpha value is -1.51. The van der Waals surface area contributed by atoms with Gasteiger partial charge in [0.1, 0.15) is 0 Å². The second-order valence-corrected chi connectivity index (χ2v) is 7.65. The Morgan fingerprint density at radius 1 is 1.22 bits per heavy atom. The third-order valence-corrected chi connectivity index (χ3v) is 4.84. The van der Waals surface area contributed by atoms with E-state index in [1.807, 2.05) is 0 Å². The maximum atomic E-state index is 12.4. The Labute approximate surface area is 141 Å². The minimum atomic E-state index is 0.178. The van der Waals surface area contributed by atoms with Crippen LogP contribution in [0, 0.1) is 0 Å². The molecule has 3 heteroatoms. The predicted molar refractivity (Wildman–Crippen MR) is 97.9 cm³/mol. The maximum absolute atomic E-state index is 12.4. The molecule has 1 amide bonds. The molecular weight excluding hydrogens is 284 g/mol. The van der Waals surface area contributed by atoms with E-state index < -0.39 is 0 Å². The fourth-order valence-corrected chi connectivity index (χ4v) is 3.30. The summed E-state index contributed by atoms with van der Waals surface area (Å²) in [6, 6.07) is 9.02. The molecule has 0 saturated carbocycles. The Kier molecular flexibility index (Phi) is 6.09. The van der Waals surface area contributed by atoms with Gasteiger partial charge in [0.15, 0.2) is 0 Å². The number of rotatable bonds is 5. The fourth-order valence-electron chi connectivity index (χ4n) is 3.30. The van der Waals surface area contributed by atoms with Gasteiger partial charge in [0.05, 0.1) is 0 Å². The smallest absolute Gasteiger partial charge is 0.224 e. The molecule has 128 valence electrons. The summed E-state index contributed by atoms with van der Waals surface area (Å²) in [4.78, 5) is 14.5. The van der Waals surface area contributed by atoms with Crippen molar-refractivity contribution in [1.82, 2.24) is 4.90 Å². The van der Waals surface area contributed by atoms with Gasteiger partial charge >= 0.3 is 0 Å². The molecule has 0 spiro atoms. The highest BCUT2D eigenvalue weighted by Crippen LogP contribution is 2.23. The normalized spacial score (nSPS) is 18.8. The average Bonchev–Trinajstić information content (AvgIpc) is 2.54. The van der Waals surface area contributed by atoms with E-state index in [9.17, 15) is 4.79 Å². The van der Waals surface area contributed by atoms with Crippen molar-refractivity contribution in [2.75, 3.05) is 18.4 Å². The molecule has 1 atom stereocenters. The van der Waals surface area contributed by atoms with Gasteiger partial charge in [-0.15, -0.1) is 0 Å². The molecule has 0 bridgehead atoms. The molecule has 1 fully saturated rings. The van der Waals surface area contributed by atoms with Gasteiger partial charge in [-0.25, -0.2) is 0 Å². The second-order valence-electron chi connectivity index (χ2n) is 7.65. The molecule has 1 aromatic carbocycles. The topological polar surface area (TPSA) is 32.3 Å². The largest absolute Gasteiger partial charge is 0.385 e. The van der Waals surface area contributed by atoms with Gasteiger partial charge in [-0.2, -0.15) is 0 Å². The zero-order valence-corrected chi connectivity index (χ0v) is 15.2. The second kappa shape index (κ2) is 7.85. The van der Waals surface area contributed by atoms with Crippen LogP contribution in [0.2, 0.25) is 0 Å². The molecule has 0 aliphatic carbocycles. The zero-order valence-electron chi connectivity index (χ0n) is 15.2. The predicted octanol–water partition coefficient (Wildman–Crippen LogP) is 4.58. The van der Waals surface area contributed by atoms with Crippen molar-refractivity contribution in [3.05, 3.63) is 29.8 Å². The fraction of sp³-hybridized carbons (Fsp3) is 0.650. The molecule has 1 aromatic rings. The number of hydrogen-bond donors (Lipinski definition) is 1. The Morgan fingerprint density at radius 3 is 2.52 bits per heavy atom. The number of benzene rings is 1. The van der Waals surface area contributed by atoms with Gasteiger partial charge in [-0.1, -0.05) is 39.8 Å². The zero-order chi connectivity index (χ0) is 16.9. The van der Waals surface area contributed by atoms with Crippen LogP contribution in [0.25, 0.3) is 0 Å². The number of nitrogens with zero attached hydrogens (tertiary/aromatic N) is 1. The lowest BCUT2D eigenvalue weighted by molar-refractivity contribution is -0.134. The lowest BCUT2D eigenvalue weighted by atomic mass is 9.87. The first-order valence-corrected chi connectivity index (χ1v) is 9.05. The van der Waals surface area contributed by atoms with E-state index >= 15 is 0 Å². The van der Waals surface area contributed by atoms with E-state index in [1.165, 1.54) is 18.4 Å². The van der Waals surface area contributed by atoms with Crippen LogP contribution in [0.15, 0.2) is 24.3 Å². The van der Waals surface area contributed by atoms with Gasteiger partial charge in [0.2, 0.25) is 5.91 Å². The summed E-state index contributed by atoms with van der Waals surface area (Å²) >= 11 is 0. The Bertz CT molecular complexity index is 501. The minimum absolute atomic E-state index is 0.178. The van der Waals surface area contributed by atoms with Gasteiger partial charge in [0, 0.05) is 31.2 Å². The molecule has 1 saturated heterocycles. The number of piperidine rings is 1. The summed E-state index contributed by atoms with van der Waals surface area (Å²) in [5.74, 6) is 0.301. The van der Waals surface area contributed by atoms with Gasteiger partial charge < -0.3 is 10.2 Å². The van der Waals surface area contributed by atoms with E-state index in [2.05, 4.69) is 62.2 Å². The summed E-state index contributed by atoms with van der Waals surface area (Å²) in [6.45, 7) is 10.5. The third-order valence-electron chi connectivity index (χ3n) is 4.84. The maximum Gasteiger partial charge on any atom is 0.224 e. The molecule has 1 N–H and O–H groups in total. The molecule has 1 heterocycles. The molecule has 1 aliphatic rings. The van der Waals surface area contributed by atoms with Crippen molar-refractivity contribution >= 4 is 11.6 Å². The summed E-state index contributed by atoms with van der Waals surface area (Å²) in [5, 5.41) is 3.38. The van der Waals surface area contributed by atoms with Crippen molar-refractivity contribution < 1.29 is 4.79 Å². The molecule has 3 nitrogen and oxygen atoms in total. The first-order valence-electron chi connectivity index (χ1n) is 9.05. The van der Waals surface area contributed by atoms with E-state index in [-0.39, 0.29) is 5.41 Å². The summed E-state index contributed by atoms with van der Waals surface area (Å²) in [6.07, 6.45) is 5.25. The summed E-state index contributed by atoms with van der Waals surface area (Å²) in [5.41, 5.74) is 2.60. The van der Waals surface area contributed by atoms with Crippen LogP contribution in [0.1, 0.15) is 65.4 Å². The SMILES string of the molecule is CCC1CCCCN1C(=O)CCNc1ccc(C(C)(C)C)cc1. The molecule has 1 unspecified atom stereocenters. The van der Waals surface area contributed by atoms with E-state index in [0.717, 1.165) is 25.1 Å². The summed E-state index contributed by atoms with van der Waals surface area (Å²) in [7, 11) is 0. The van der Waals surface area contributed by atoms with E-state index in [0.29, 0.717) is 24.9 Å². The number of likely N-dealkylation sites (tertiary alicyclic amines) is 1. The van der Waals surface area contributed by atoms with Gasteiger partial charge in [0.25, 0.3) is 0 Å². The Balaban J connectivity index is 1.81. The molecule has 2 rings (SSSR count). The average molecular weight is 316 g/mol. The van der Waals surface area contributed by atoms with Crippen LogP contribution in [-0.4, -0.2) is 29.9 Å². The monoisotopic (exact) mass is 316 g/mol. The van der Waals surface area contributed by atoms with Crippen LogP contribution < -0.4 is 5.32 Å². The quantitative estimate of drug-likeness (QED) is 0.862. The molecule has 0 aromatic heterocycles. The van der Waals surface area contributed by atoms with Crippen LogP contribution in [0.5, 0.6) is 0 Å². The van der Waals surface area contributed by atoms with Crippen molar-refractivity contribution in [2.24, 2.45) is 0 Å². The standard InChI is InChI=1S/C20H32N2O/c1-5-18-8-6-7-15-22(18)19(23)13-14-21-17-11-9-16(10-12-17)20(2,3)4/h9-12,18,21H,5-8,13-15H2,1-4H3. The first kappa shape index (κ1) is 17.8. The van der Waals surface area contributed by atoms with Crippen LogP contribution in [0.4, 0.5) is 5.69 Å². The number of carbonyl (C=O) groups is 1. The Morgan fingerprint density at radius 2 is 1.91 bits per heavy atom. The van der Waals surface area contributed by atoms with Crippen LogP contribution >= 0.6 is 0 Å². The molecule has 23 heavy (non-hydrogen) atoms. The van der Waals surface area contributed by atoms with E-state index in [1.54, 1.807) is 0 Å². The van der Waals surface area contributed by atoms with Crippen molar-refractivity contribution in [3.8, 4) is 0 Å². The highest BCUT2D eigenvalue weighted by Gasteiger charge is 2.24. The van der Waals surface area contributed by atoms with Crippen molar-refractivity contribution in [2.45, 2.75) is 71.3 Å². The lowest BCUT2D eigenvalue weighted by Gasteiger charge is -2.35. The number of anilines is 1. The van der Waals surface area contributed by atoms with Crippen molar-refractivity contribution in [1.29, 1.82) is 0 Å². The molecular formula is C20H32N2O. The number of carbonyl (C=O) groups excluding carboxylic acids is 1. The third kappa shape index (κ3) is 4.98. The highest BCUT2D eigenvalue weighted by molar-refractivity contribution is 5.77. The number of hydrogen-bond acceptors (Lipinski definition) is 2. The molecule has 0 radical (unpaired) electrons. The number of amides is 1. The lowest BCUT2D eigenvalue weighted by Crippen LogP contribution is -2.43. The molecule has 1 aliphatic heterocycles. The number of nitrogens with one attached hydrogen (secondary N) is 1. The minimum Gasteiger partial charge on any atom is -0.385 e.